The van der Waals surface area contributed by atoms with Crippen molar-refractivity contribution < 1.29 is 71.1 Å². The molecule has 0 unspecified atom stereocenters. The highest BCUT2D eigenvalue weighted by molar-refractivity contribution is 6.41. The van der Waals surface area contributed by atoms with Gasteiger partial charge in [0.25, 0.3) is 17.7 Å². The van der Waals surface area contributed by atoms with Crippen molar-refractivity contribution in [2.75, 3.05) is 29.2 Å². The van der Waals surface area contributed by atoms with E-state index < -0.39 is 70.3 Å². The van der Waals surface area contributed by atoms with Gasteiger partial charge in [-0.1, -0.05) is 141 Å². The summed E-state index contributed by atoms with van der Waals surface area (Å²) in [6, 6.07) is 45.3. The fourth-order valence-corrected chi connectivity index (χ4v) is 9.36. The molecule has 14 nitrogen and oxygen atoms in total. The Hall–Kier alpha value is -10.0. The highest BCUT2D eigenvalue weighted by Gasteiger charge is 2.24. The first-order valence-corrected chi connectivity index (χ1v) is 28.3. The van der Waals surface area contributed by atoms with Crippen LogP contribution >= 0.6 is 34.8 Å². The lowest BCUT2D eigenvalue weighted by Crippen LogP contribution is -2.18. The summed E-state index contributed by atoms with van der Waals surface area (Å²) in [5.41, 5.74) is 0.946. The molecule has 0 saturated heterocycles. The molecule has 0 spiro atoms. The van der Waals surface area contributed by atoms with Crippen LogP contribution in [0.5, 0.6) is 11.5 Å². The summed E-state index contributed by atoms with van der Waals surface area (Å²) in [6.07, 6.45) is 1.88. The largest absolute Gasteiger partial charge is 0.494 e. The fraction of sp³-hybridized carbons (Fsp3) is 0.118. The lowest BCUT2D eigenvalue weighted by atomic mass is 10.0. The fourth-order valence-electron chi connectivity index (χ4n) is 8.54. The number of carboxylic acids is 3. The van der Waals surface area contributed by atoms with Crippen molar-refractivity contribution in [2.24, 2.45) is 5.92 Å². The normalized spacial score (nSPS) is 10.6. The zero-order chi connectivity index (χ0) is 64.5. The quantitative estimate of drug-likeness (QED) is 0.0330. The van der Waals surface area contributed by atoms with Gasteiger partial charge in [0.1, 0.15) is 46.1 Å². The molecular formula is C68H54Cl3F4N3O11. The number of halogens is 7. The lowest BCUT2D eigenvalue weighted by molar-refractivity contribution is 0.0683. The molecule has 21 heteroatoms. The molecule has 6 N–H and O–H groups in total. The molecule has 0 fully saturated rings. The Morgan fingerprint density at radius 3 is 1.15 bits per heavy atom. The lowest BCUT2D eigenvalue weighted by Gasteiger charge is -2.13. The van der Waals surface area contributed by atoms with Gasteiger partial charge in [0.05, 0.1) is 62.3 Å². The van der Waals surface area contributed by atoms with Gasteiger partial charge in [-0.3, -0.25) is 14.4 Å². The number of aromatic carboxylic acids is 3. The number of nitrogens with one attached hydrogen (secondary N) is 3. The Kier molecular flexibility index (Phi) is 23.2. The molecule has 0 radical (unpaired) electrons. The van der Waals surface area contributed by atoms with Crippen molar-refractivity contribution in [1.82, 2.24) is 0 Å². The van der Waals surface area contributed by atoms with E-state index in [2.05, 4.69) is 16.0 Å². The molecule has 456 valence electrons. The maximum absolute atomic E-state index is 14.7. The van der Waals surface area contributed by atoms with E-state index in [0.717, 1.165) is 42.7 Å². The molecule has 0 atom stereocenters. The molecule has 0 aliphatic heterocycles. The van der Waals surface area contributed by atoms with Crippen molar-refractivity contribution in [3.63, 3.8) is 0 Å². The van der Waals surface area contributed by atoms with Gasteiger partial charge in [-0.15, -0.1) is 0 Å². The van der Waals surface area contributed by atoms with Crippen LogP contribution in [0, 0.1) is 29.2 Å². The summed E-state index contributed by atoms with van der Waals surface area (Å²) in [4.78, 5) is 71.3. The van der Waals surface area contributed by atoms with E-state index in [4.69, 9.17) is 44.3 Å². The van der Waals surface area contributed by atoms with Gasteiger partial charge in [-0.2, -0.15) is 0 Å². The molecule has 9 aromatic carbocycles. The van der Waals surface area contributed by atoms with Gasteiger partial charge in [0.15, 0.2) is 0 Å². The summed E-state index contributed by atoms with van der Waals surface area (Å²) in [7, 11) is 0. The van der Waals surface area contributed by atoms with Crippen LogP contribution in [0.15, 0.2) is 182 Å². The standard InChI is InChI=1S/2C24H21F2NO4.C20H12Cl3NO3/c1-14(2)13-31-17-7-5-6-15(10-17)16-11-20(25)22(21(26)12-16)27-23(28)18-8-3-4-9-19(18)24(29)30;1-2-3-11-31-17-8-6-7-15(12-17)16-13-20(25)22(21(26)14-16)27-23(28)18-9-4-5-10-19(18)24(29)30;21-15-8-4-3-5-12(15)11-9-16(22)18(17(23)10-11)24-19(25)13-6-1-2-7-14(13)20(26)27/h3-12,14H,13H2,1-2H3,(H,27,28)(H,29,30);4-10,12-14H,2-3,11H2,1H3,(H,27,28)(H,29,30);1-10H,(H,24,25)(H,26,27). The summed E-state index contributed by atoms with van der Waals surface area (Å²) in [5.74, 6) is -8.73. The molecule has 89 heavy (non-hydrogen) atoms. The Balaban J connectivity index is 0.000000191. The van der Waals surface area contributed by atoms with E-state index >= 15 is 0 Å². The topological polar surface area (TPSA) is 218 Å². The number of hydrogen-bond donors (Lipinski definition) is 6. The van der Waals surface area contributed by atoms with Crippen LogP contribution in [0.3, 0.4) is 0 Å². The van der Waals surface area contributed by atoms with Gasteiger partial charge < -0.3 is 40.7 Å². The number of rotatable bonds is 19. The van der Waals surface area contributed by atoms with Crippen LogP contribution < -0.4 is 25.4 Å². The second-order valence-electron chi connectivity index (χ2n) is 19.8. The average molecular weight is 1270 g/mol. The number of hydrogen-bond acceptors (Lipinski definition) is 8. The van der Waals surface area contributed by atoms with Crippen molar-refractivity contribution in [1.29, 1.82) is 0 Å². The zero-order valence-corrected chi connectivity index (χ0v) is 49.7. The highest BCUT2D eigenvalue weighted by Crippen LogP contribution is 2.39. The molecule has 0 aliphatic rings. The Morgan fingerprint density at radius 2 is 0.775 bits per heavy atom. The monoisotopic (exact) mass is 1270 g/mol. The highest BCUT2D eigenvalue weighted by atomic mass is 35.5. The van der Waals surface area contributed by atoms with Gasteiger partial charge >= 0.3 is 17.9 Å². The van der Waals surface area contributed by atoms with Crippen molar-refractivity contribution in [3.8, 4) is 44.9 Å². The van der Waals surface area contributed by atoms with Gasteiger partial charge in [0, 0.05) is 10.6 Å². The summed E-state index contributed by atoms with van der Waals surface area (Å²) < 4.78 is 70.0. The van der Waals surface area contributed by atoms with Crippen molar-refractivity contribution >= 4 is 87.5 Å². The molecule has 0 bridgehead atoms. The average Bonchev–Trinajstić information content (AvgIpc) is 1.39. The number of unbranched alkanes of at least 4 members (excludes halogenated alkanes) is 1. The smallest absolute Gasteiger partial charge is 0.336 e. The van der Waals surface area contributed by atoms with Crippen molar-refractivity contribution in [3.05, 3.63) is 254 Å². The number of carbonyl (C=O) groups is 6. The molecular weight excluding hydrogens is 1220 g/mol. The summed E-state index contributed by atoms with van der Waals surface area (Å²) in [5, 5.41) is 35.5. The maximum Gasteiger partial charge on any atom is 0.336 e. The molecule has 0 heterocycles. The van der Waals surface area contributed by atoms with E-state index in [9.17, 15) is 61.6 Å². The first-order chi connectivity index (χ1) is 42.5. The second kappa shape index (κ2) is 31.1. The predicted molar refractivity (Wildman–Crippen MR) is 335 cm³/mol. The second-order valence-corrected chi connectivity index (χ2v) is 21.0. The predicted octanol–water partition coefficient (Wildman–Crippen LogP) is 17.6. The van der Waals surface area contributed by atoms with Gasteiger partial charge in [-0.25, -0.2) is 31.9 Å². The van der Waals surface area contributed by atoms with E-state index in [1.807, 2.05) is 39.0 Å². The number of amides is 3. The van der Waals surface area contributed by atoms with E-state index in [1.165, 1.54) is 60.7 Å². The minimum atomic E-state index is -1.32. The minimum Gasteiger partial charge on any atom is -0.494 e. The molecule has 3 amide bonds. The maximum atomic E-state index is 14.7. The van der Waals surface area contributed by atoms with E-state index in [1.54, 1.807) is 78.9 Å². The molecule has 0 saturated carbocycles. The van der Waals surface area contributed by atoms with Gasteiger partial charge in [0.2, 0.25) is 0 Å². The molecule has 9 aromatic rings. The van der Waals surface area contributed by atoms with Gasteiger partial charge in [-0.05, 0) is 143 Å². The number of anilines is 3. The van der Waals surface area contributed by atoms with Crippen LogP contribution in [0.1, 0.15) is 95.8 Å². The van der Waals surface area contributed by atoms with Crippen LogP contribution in [0.25, 0.3) is 33.4 Å². The Labute approximate surface area is 523 Å². The summed E-state index contributed by atoms with van der Waals surface area (Å²) >= 11 is 18.8. The number of benzene rings is 9. The van der Waals surface area contributed by atoms with E-state index in [0.29, 0.717) is 52.3 Å². The van der Waals surface area contributed by atoms with Crippen LogP contribution in [0.2, 0.25) is 15.1 Å². The number of carboxylic acid groups (broad SMARTS) is 3. The van der Waals surface area contributed by atoms with Crippen molar-refractivity contribution in [2.45, 2.75) is 33.6 Å². The first-order valence-electron chi connectivity index (χ1n) is 27.1. The van der Waals surface area contributed by atoms with Crippen LogP contribution in [0.4, 0.5) is 34.6 Å². The third-order valence-corrected chi connectivity index (χ3v) is 13.8. The third-order valence-electron chi connectivity index (χ3n) is 12.9. The summed E-state index contributed by atoms with van der Waals surface area (Å²) in [6.45, 7) is 7.12. The zero-order valence-electron chi connectivity index (χ0n) is 47.5. The van der Waals surface area contributed by atoms with Crippen LogP contribution in [-0.2, 0) is 0 Å². The third kappa shape index (κ3) is 17.6. The molecule has 0 aliphatic carbocycles. The minimum absolute atomic E-state index is 0.00677. The Bertz CT molecular complexity index is 4060. The number of carbonyl (C=O) groups excluding carboxylic acids is 3. The molecule has 0 aromatic heterocycles. The van der Waals surface area contributed by atoms with E-state index in [-0.39, 0.29) is 60.2 Å². The SMILES string of the molecule is CC(C)COc1cccc(-c2cc(F)c(NC(=O)c3ccccc3C(=O)O)c(F)c2)c1.CCCCOc1cccc(-c2cc(F)c(NC(=O)c3ccccc3C(=O)O)c(F)c2)c1.O=C(O)c1ccccc1C(=O)Nc1c(Cl)cc(-c2ccccc2Cl)cc1Cl. The first kappa shape index (κ1) is 66.5. The molecule has 9 rings (SSSR count). The number of ether oxygens (including phenoxy) is 2. The Morgan fingerprint density at radius 1 is 0.416 bits per heavy atom. The van der Waals surface area contributed by atoms with Crippen LogP contribution in [-0.4, -0.2) is 64.2 Å².